The lowest BCUT2D eigenvalue weighted by molar-refractivity contribution is 0.176. The third kappa shape index (κ3) is 1.91. The lowest BCUT2D eigenvalue weighted by atomic mass is 9.96. The summed E-state index contributed by atoms with van der Waals surface area (Å²) in [6, 6.07) is 2.02. The number of hydrogen-bond donors (Lipinski definition) is 0. The zero-order chi connectivity index (χ0) is 9.47. The number of rotatable bonds is 0. The fraction of sp³-hybridized carbons (Fsp3) is 0.600. The van der Waals surface area contributed by atoms with Crippen LogP contribution in [0.5, 0.6) is 0 Å². The SMILES string of the molecule is CC1(F)CCCCc2sc(I)cc21. The summed E-state index contributed by atoms with van der Waals surface area (Å²) in [5.41, 5.74) is -0.120. The molecular weight excluding hydrogens is 298 g/mol. The topological polar surface area (TPSA) is 0 Å². The minimum absolute atomic E-state index is 0.687. The van der Waals surface area contributed by atoms with E-state index in [-0.39, 0.29) is 0 Å². The molecule has 1 heterocycles. The van der Waals surface area contributed by atoms with Crippen LogP contribution in [0.1, 0.15) is 36.6 Å². The Labute approximate surface area is 95.7 Å². The van der Waals surface area contributed by atoms with Crippen molar-refractivity contribution in [1.29, 1.82) is 0 Å². The predicted octanol–water partition coefficient (Wildman–Crippen LogP) is 4.26. The van der Waals surface area contributed by atoms with E-state index in [1.54, 1.807) is 18.3 Å². The summed E-state index contributed by atoms with van der Waals surface area (Å²) in [5, 5.41) is 0. The largest absolute Gasteiger partial charge is 0.239 e. The average molecular weight is 310 g/mol. The molecule has 13 heavy (non-hydrogen) atoms. The van der Waals surface area contributed by atoms with Gasteiger partial charge in [-0.05, 0) is 61.3 Å². The number of fused-ring (bicyclic) bond motifs is 1. The van der Waals surface area contributed by atoms with Gasteiger partial charge in [-0.3, -0.25) is 0 Å². The van der Waals surface area contributed by atoms with Crippen LogP contribution in [-0.4, -0.2) is 0 Å². The minimum atomic E-state index is -1.08. The molecule has 0 N–H and O–H groups in total. The minimum Gasteiger partial charge on any atom is -0.239 e. The van der Waals surface area contributed by atoms with Crippen molar-refractivity contribution in [3.8, 4) is 0 Å². The second-order valence-corrected chi connectivity index (χ2v) is 6.82. The predicted molar refractivity (Wildman–Crippen MR) is 63.1 cm³/mol. The van der Waals surface area contributed by atoms with Crippen LogP contribution in [0.2, 0.25) is 0 Å². The summed E-state index contributed by atoms with van der Waals surface area (Å²) in [4.78, 5) is 1.27. The molecule has 0 saturated heterocycles. The van der Waals surface area contributed by atoms with Crippen LogP contribution < -0.4 is 0 Å². The first kappa shape index (κ1) is 9.90. The zero-order valence-corrected chi connectivity index (χ0v) is 10.5. The maximum Gasteiger partial charge on any atom is 0.134 e. The molecule has 1 aromatic heterocycles. The number of aryl methyl sites for hydroxylation is 1. The summed E-state index contributed by atoms with van der Waals surface area (Å²) in [5.74, 6) is 0. The van der Waals surface area contributed by atoms with Crippen LogP contribution in [0.4, 0.5) is 4.39 Å². The van der Waals surface area contributed by atoms with Gasteiger partial charge in [-0.25, -0.2) is 4.39 Å². The molecule has 3 heteroatoms. The van der Waals surface area contributed by atoms with E-state index in [2.05, 4.69) is 22.6 Å². The maximum atomic E-state index is 14.1. The van der Waals surface area contributed by atoms with Crippen molar-refractivity contribution in [2.75, 3.05) is 0 Å². The molecule has 0 radical (unpaired) electrons. The molecule has 0 aromatic carbocycles. The Morgan fingerprint density at radius 3 is 3.08 bits per heavy atom. The molecule has 0 nitrogen and oxygen atoms in total. The molecule has 72 valence electrons. The van der Waals surface area contributed by atoms with Gasteiger partial charge < -0.3 is 0 Å². The van der Waals surface area contributed by atoms with Gasteiger partial charge >= 0.3 is 0 Å². The lowest BCUT2D eigenvalue weighted by Crippen LogP contribution is -2.13. The molecule has 2 rings (SSSR count). The van der Waals surface area contributed by atoms with E-state index < -0.39 is 5.67 Å². The molecular formula is C10H12FIS. The molecule has 0 bridgehead atoms. The third-order valence-electron chi connectivity index (χ3n) is 2.64. The second kappa shape index (κ2) is 3.50. The molecule has 1 atom stereocenters. The van der Waals surface area contributed by atoms with Crippen LogP contribution in [0, 0.1) is 2.88 Å². The van der Waals surface area contributed by atoms with Gasteiger partial charge in [0, 0.05) is 10.4 Å². The summed E-state index contributed by atoms with van der Waals surface area (Å²) in [6.07, 6.45) is 3.92. The molecule has 1 aromatic rings. The standard InChI is InChI=1S/C10H12FIS/c1-10(11)5-3-2-4-8-7(10)6-9(12)13-8/h6H,2-5H2,1H3. The number of hydrogen-bond acceptors (Lipinski definition) is 1. The van der Waals surface area contributed by atoms with Crippen LogP contribution in [0.3, 0.4) is 0 Å². The third-order valence-corrected chi connectivity index (χ3v) is 4.60. The van der Waals surface area contributed by atoms with Crippen molar-refractivity contribution in [1.82, 2.24) is 0 Å². The van der Waals surface area contributed by atoms with Crippen molar-refractivity contribution in [2.45, 2.75) is 38.3 Å². The quantitative estimate of drug-likeness (QED) is 0.496. The number of halogens is 2. The summed E-state index contributed by atoms with van der Waals surface area (Å²) in [6.45, 7) is 1.72. The molecule has 0 spiro atoms. The smallest absolute Gasteiger partial charge is 0.134 e. The van der Waals surface area contributed by atoms with Gasteiger partial charge in [0.2, 0.25) is 0 Å². The average Bonchev–Trinajstić information content (AvgIpc) is 2.36. The van der Waals surface area contributed by atoms with Crippen LogP contribution >= 0.6 is 33.9 Å². The van der Waals surface area contributed by atoms with Gasteiger partial charge in [0.25, 0.3) is 0 Å². The van der Waals surface area contributed by atoms with Gasteiger partial charge in [0.1, 0.15) is 5.67 Å². The summed E-state index contributed by atoms with van der Waals surface area (Å²) >= 11 is 4.03. The normalized spacial score (nSPS) is 28.2. The molecule has 1 aliphatic carbocycles. The van der Waals surface area contributed by atoms with Crippen LogP contribution in [-0.2, 0) is 12.1 Å². The fourth-order valence-corrected chi connectivity index (χ4v) is 4.05. The number of thiophene rings is 1. The van der Waals surface area contributed by atoms with Gasteiger partial charge in [0.05, 0.1) is 2.88 Å². The molecule has 1 unspecified atom stereocenters. The maximum absolute atomic E-state index is 14.1. The number of alkyl halides is 1. The fourth-order valence-electron chi connectivity index (χ4n) is 1.90. The molecule has 0 aliphatic heterocycles. The first-order valence-corrected chi connectivity index (χ1v) is 6.47. The monoisotopic (exact) mass is 310 g/mol. The van der Waals surface area contributed by atoms with Gasteiger partial charge in [-0.1, -0.05) is 0 Å². The van der Waals surface area contributed by atoms with Crippen LogP contribution in [0.15, 0.2) is 6.07 Å². The van der Waals surface area contributed by atoms with Crippen molar-refractivity contribution < 1.29 is 4.39 Å². The van der Waals surface area contributed by atoms with Crippen molar-refractivity contribution in [3.63, 3.8) is 0 Å². The Hall–Kier alpha value is 0.360. The van der Waals surface area contributed by atoms with Crippen molar-refractivity contribution in [2.24, 2.45) is 0 Å². The first-order chi connectivity index (χ1) is 6.09. The highest BCUT2D eigenvalue weighted by molar-refractivity contribution is 14.1. The highest BCUT2D eigenvalue weighted by Crippen LogP contribution is 2.41. The van der Waals surface area contributed by atoms with Crippen molar-refractivity contribution >= 4 is 33.9 Å². The summed E-state index contributed by atoms with van der Waals surface area (Å²) < 4.78 is 15.4. The Morgan fingerprint density at radius 2 is 2.31 bits per heavy atom. The Bertz CT molecular complexity index is 317. The van der Waals surface area contributed by atoms with E-state index in [0.29, 0.717) is 6.42 Å². The molecule has 0 fully saturated rings. The van der Waals surface area contributed by atoms with Crippen molar-refractivity contribution in [3.05, 3.63) is 19.4 Å². The Balaban J connectivity index is 2.47. The van der Waals surface area contributed by atoms with E-state index in [0.717, 1.165) is 24.8 Å². The zero-order valence-electron chi connectivity index (χ0n) is 7.57. The Morgan fingerprint density at radius 1 is 1.54 bits per heavy atom. The van der Waals surface area contributed by atoms with Crippen LogP contribution in [0.25, 0.3) is 0 Å². The first-order valence-electron chi connectivity index (χ1n) is 4.57. The van der Waals surface area contributed by atoms with Gasteiger partial charge in [-0.2, -0.15) is 0 Å². The van der Waals surface area contributed by atoms with E-state index in [1.165, 1.54) is 7.76 Å². The molecule has 0 amide bonds. The molecule has 0 saturated carbocycles. The van der Waals surface area contributed by atoms with E-state index in [4.69, 9.17) is 0 Å². The van der Waals surface area contributed by atoms with E-state index in [1.807, 2.05) is 6.07 Å². The van der Waals surface area contributed by atoms with E-state index >= 15 is 0 Å². The van der Waals surface area contributed by atoms with E-state index in [9.17, 15) is 4.39 Å². The highest BCUT2D eigenvalue weighted by atomic mass is 127. The molecule has 1 aliphatic rings. The lowest BCUT2D eigenvalue weighted by Gasteiger charge is -2.17. The van der Waals surface area contributed by atoms with Gasteiger partial charge in [-0.15, -0.1) is 11.3 Å². The van der Waals surface area contributed by atoms with Gasteiger partial charge in [0.15, 0.2) is 0 Å². The second-order valence-electron chi connectivity index (χ2n) is 3.79. The highest BCUT2D eigenvalue weighted by Gasteiger charge is 2.31. The summed E-state index contributed by atoms with van der Waals surface area (Å²) in [7, 11) is 0. The Kier molecular flexibility index (Phi) is 2.66.